The van der Waals surface area contributed by atoms with Crippen LogP contribution in [0.1, 0.15) is 16.8 Å². The Balaban J connectivity index is 2.82. The standard InChI is InChI=1S/C10H7ClN4O4/c11-8-2-1-6(15(18)19)5-7(8)10(17)14-13-9(16)3-4-12/h1-2,5H,3H2,(H,13,16)(H,14,17). The van der Waals surface area contributed by atoms with Crippen LogP contribution in [0.5, 0.6) is 0 Å². The summed E-state index contributed by atoms with van der Waals surface area (Å²) < 4.78 is 0. The Hall–Kier alpha value is -2.66. The lowest BCUT2D eigenvalue weighted by Crippen LogP contribution is -2.41. The molecule has 9 heteroatoms. The summed E-state index contributed by atoms with van der Waals surface area (Å²) in [4.78, 5) is 32.5. The van der Waals surface area contributed by atoms with Crippen LogP contribution in [0.4, 0.5) is 5.69 Å². The Morgan fingerprint density at radius 1 is 1.42 bits per heavy atom. The summed E-state index contributed by atoms with van der Waals surface area (Å²) >= 11 is 5.72. The van der Waals surface area contributed by atoms with Crippen molar-refractivity contribution in [2.75, 3.05) is 0 Å². The molecular weight excluding hydrogens is 276 g/mol. The summed E-state index contributed by atoms with van der Waals surface area (Å²) in [5.74, 6) is -1.53. The van der Waals surface area contributed by atoms with Gasteiger partial charge in [-0.25, -0.2) is 0 Å². The van der Waals surface area contributed by atoms with E-state index in [4.69, 9.17) is 16.9 Å². The fraction of sp³-hybridized carbons (Fsp3) is 0.100. The van der Waals surface area contributed by atoms with Crippen molar-refractivity contribution in [3.05, 3.63) is 38.9 Å². The molecule has 0 fully saturated rings. The van der Waals surface area contributed by atoms with Crippen LogP contribution in [0.25, 0.3) is 0 Å². The van der Waals surface area contributed by atoms with Crippen LogP contribution in [-0.2, 0) is 4.79 Å². The van der Waals surface area contributed by atoms with Crippen LogP contribution in [0, 0.1) is 21.4 Å². The summed E-state index contributed by atoms with van der Waals surface area (Å²) in [5, 5.41) is 18.8. The molecule has 0 aliphatic heterocycles. The predicted octanol–water partition coefficient (Wildman–Crippen LogP) is 0.923. The molecule has 0 unspecified atom stereocenters. The molecule has 0 spiro atoms. The summed E-state index contributed by atoms with van der Waals surface area (Å²) in [5.41, 5.74) is 3.50. The minimum atomic E-state index is -0.819. The molecule has 0 heterocycles. The second-order valence-corrected chi connectivity index (χ2v) is 3.67. The highest BCUT2D eigenvalue weighted by molar-refractivity contribution is 6.33. The number of rotatable bonds is 3. The molecule has 0 atom stereocenters. The number of nitriles is 1. The number of nitro benzene ring substituents is 1. The lowest BCUT2D eigenvalue weighted by molar-refractivity contribution is -0.384. The molecule has 1 rings (SSSR count). The monoisotopic (exact) mass is 282 g/mol. The molecule has 0 aliphatic rings. The highest BCUT2D eigenvalue weighted by atomic mass is 35.5. The maximum Gasteiger partial charge on any atom is 0.271 e. The first-order valence-electron chi connectivity index (χ1n) is 4.85. The number of halogens is 1. The van der Waals surface area contributed by atoms with Crippen molar-refractivity contribution in [3.63, 3.8) is 0 Å². The van der Waals surface area contributed by atoms with E-state index in [9.17, 15) is 19.7 Å². The number of benzene rings is 1. The van der Waals surface area contributed by atoms with E-state index in [2.05, 4.69) is 0 Å². The summed E-state index contributed by atoms with van der Waals surface area (Å²) in [6.45, 7) is 0. The molecule has 0 saturated heterocycles. The number of carbonyl (C=O) groups excluding carboxylic acids is 2. The van der Waals surface area contributed by atoms with E-state index in [0.717, 1.165) is 12.1 Å². The Kier molecular flexibility index (Phi) is 4.79. The van der Waals surface area contributed by atoms with E-state index in [1.807, 2.05) is 10.9 Å². The zero-order chi connectivity index (χ0) is 14.4. The van der Waals surface area contributed by atoms with Gasteiger partial charge in [-0.2, -0.15) is 5.26 Å². The van der Waals surface area contributed by atoms with Gasteiger partial charge in [0.05, 0.1) is 21.6 Å². The minimum absolute atomic E-state index is 0.00219. The number of non-ortho nitro benzene ring substituents is 1. The van der Waals surface area contributed by atoms with Crippen molar-refractivity contribution in [1.82, 2.24) is 10.9 Å². The van der Waals surface area contributed by atoms with Crippen LogP contribution in [0.3, 0.4) is 0 Å². The first-order valence-corrected chi connectivity index (χ1v) is 5.23. The number of nitro groups is 1. The Morgan fingerprint density at radius 3 is 2.68 bits per heavy atom. The molecular formula is C10H7ClN4O4. The SMILES string of the molecule is N#CCC(=O)NNC(=O)c1cc([N+](=O)[O-])ccc1Cl. The molecule has 0 radical (unpaired) electrons. The second-order valence-electron chi connectivity index (χ2n) is 3.26. The minimum Gasteiger partial charge on any atom is -0.272 e. The van der Waals surface area contributed by atoms with Crippen LogP contribution < -0.4 is 10.9 Å². The van der Waals surface area contributed by atoms with Gasteiger partial charge in [0.1, 0.15) is 6.42 Å². The zero-order valence-corrected chi connectivity index (χ0v) is 10.1. The van der Waals surface area contributed by atoms with Gasteiger partial charge in [-0.15, -0.1) is 0 Å². The van der Waals surface area contributed by atoms with E-state index in [0.29, 0.717) is 0 Å². The van der Waals surface area contributed by atoms with E-state index in [-0.39, 0.29) is 16.3 Å². The zero-order valence-electron chi connectivity index (χ0n) is 9.34. The molecule has 0 aromatic heterocycles. The van der Waals surface area contributed by atoms with E-state index < -0.39 is 23.2 Å². The number of hydrogen-bond acceptors (Lipinski definition) is 5. The quantitative estimate of drug-likeness (QED) is 0.630. The predicted molar refractivity (Wildman–Crippen MR) is 63.9 cm³/mol. The fourth-order valence-corrected chi connectivity index (χ4v) is 1.31. The van der Waals surface area contributed by atoms with Gasteiger partial charge < -0.3 is 0 Å². The molecule has 0 saturated carbocycles. The Labute approximate surface area is 112 Å². The number of carbonyl (C=O) groups is 2. The topological polar surface area (TPSA) is 125 Å². The molecule has 1 aromatic rings. The van der Waals surface area contributed by atoms with Gasteiger partial charge in [0.2, 0.25) is 0 Å². The molecule has 19 heavy (non-hydrogen) atoms. The first-order chi connectivity index (χ1) is 8.95. The maximum atomic E-state index is 11.6. The highest BCUT2D eigenvalue weighted by Crippen LogP contribution is 2.21. The third-order valence-corrected chi connectivity index (χ3v) is 2.29. The normalized spacial score (nSPS) is 9.26. The number of nitrogens with zero attached hydrogens (tertiary/aromatic N) is 2. The van der Waals surface area contributed by atoms with Crippen molar-refractivity contribution in [2.24, 2.45) is 0 Å². The van der Waals surface area contributed by atoms with Gasteiger partial charge in [0.15, 0.2) is 0 Å². The van der Waals surface area contributed by atoms with Crippen molar-refractivity contribution in [1.29, 1.82) is 5.26 Å². The van der Waals surface area contributed by atoms with Gasteiger partial charge in [-0.1, -0.05) is 11.6 Å². The van der Waals surface area contributed by atoms with Crippen molar-refractivity contribution < 1.29 is 14.5 Å². The van der Waals surface area contributed by atoms with Crippen molar-refractivity contribution >= 4 is 29.1 Å². The Morgan fingerprint density at radius 2 is 2.11 bits per heavy atom. The third-order valence-electron chi connectivity index (χ3n) is 1.96. The van der Waals surface area contributed by atoms with Crippen molar-refractivity contribution in [2.45, 2.75) is 6.42 Å². The van der Waals surface area contributed by atoms with Gasteiger partial charge in [0.25, 0.3) is 17.5 Å². The second kappa shape index (κ2) is 6.32. The molecule has 2 N–H and O–H groups in total. The van der Waals surface area contributed by atoms with Gasteiger partial charge >= 0.3 is 0 Å². The molecule has 0 aliphatic carbocycles. The van der Waals surface area contributed by atoms with Gasteiger partial charge in [-0.05, 0) is 6.07 Å². The highest BCUT2D eigenvalue weighted by Gasteiger charge is 2.16. The molecule has 2 amide bonds. The van der Waals surface area contributed by atoms with Crippen LogP contribution in [0.2, 0.25) is 5.02 Å². The fourth-order valence-electron chi connectivity index (χ4n) is 1.11. The van der Waals surface area contributed by atoms with Crippen LogP contribution >= 0.6 is 11.6 Å². The van der Waals surface area contributed by atoms with E-state index >= 15 is 0 Å². The molecule has 8 nitrogen and oxygen atoms in total. The van der Waals surface area contributed by atoms with Crippen LogP contribution in [-0.4, -0.2) is 16.7 Å². The van der Waals surface area contributed by atoms with Gasteiger partial charge in [-0.3, -0.25) is 30.6 Å². The lowest BCUT2D eigenvalue weighted by Gasteiger charge is -2.06. The molecule has 98 valence electrons. The number of hydrogen-bond donors (Lipinski definition) is 2. The van der Waals surface area contributed by atoms with Crippen LogP contribution in [0.15, 0.2) is 18.2 Å². The van der Waals surface area contributed by atoms with E-state index in [1.54, 1.807) is 6.07 Å². The number of hydrazine groups is 1. The van der Waals surface area contributed by atoms with E-state index in [1.165, 1.54) is 6.07 Å². The average molecular weight is 283 g/mol. The third kappa shape index (κ3) is 3.93. The summed E-state index contributed by atoms with van der Waals surface area (Å²) in [6, 6.07) is 4.91. The maximum absolute atomic E-state index is 11.6. The molecule has 0 bridgehead atoms. The molecule has 1 aromatic carbocycles. The summed E-state index contributed by atoms with van der Waals surface area (Å²) in [6.07, 6.45) is -0.428. The smallest absolute Gasteiger partial charge is 0.271 e. The largest absolute Gasteiger partial charge is 0.272 e. The van der Waals surface area contributed by atoms with Gasteiger partial charge in [0, 0.05) is 12.1 Å². The number of nitrogens with one attached hydrogen (secondary N) is 2. The first kappa shape index (κ1) is 14.4. The number of amides is 2. The Bertz CT molecular complexity index is 581. The average Bonchev–Trinajstić information content (AvgIpc) is 2.36. The van der Waals surface area contributed by atoms with Crippen molar-refractivity contribution in [3.8, 4) is 6.07 Å². The summed E-state index contributed by atoms with van der Waals surface area (Å²) in [7, 11) is 0. The lowest BCUT2D eigenvalue weighted by atomic mass is 10.2.